The van der Waals surface area contributed by atoms with Crippen LogP contribution in [0.15, 0.2) is 23.0 Å². The topological polar surface area (TPSA) is 64.2 Å². The highest BCUT2D eigenvalue weighted by Gasteiger charge is 2.33. The van der Waals surface area contributed by atoms with E-state index in [-0.39, 0.29) is 11.9 Å². The molecule has 1 aliphatic heterocycles. The van der Waals surface area contributed by atoms with Crippen molar-refractivity contribution in [1.82, 2.24) is 19.8 Å². The van der Waals surface area contributed by atoms with Crippen molar-refractivity contribution in [1.29, 1.82) is 0 Å². The molecule has 0 aromatic carbocycles. The number of carbonyl (C=O) groups excluding carboxylic acids is 1. The van der Waals surface area contributed by atoms with Gasteiger partial charge in [0.1, 0.15) is 5.76 Å². The van der Waals surface area contributed by atoms with Crippen LogP contribution in [0.25, 0.3) is 0 Å². The SMILES string of the molecule is Cc1cnn(CC2CCCN2C(=O)c2cc(C3CC3)on2)c1. The third-order valence-corrected chi connectivity index (χ3v) is 4.53. The fraction of sp³-hybridized carbons (Fsp3) is 0.562. The molecule has 22 heavy (non-hydrogen) atoms. The van der Waals surface area contributed by atoms with E-state index >= 15 is 0 Å². The van der Waals surface area contributed by atoms with Gasteiger partial charge in [-0.15, -0.1) is 0 Å². The molecular formula is C16H20N4O2. The number of rotatable bonds is 4. The van der Waals surface area contributed by atoms with E-state index in [9.17, 15) is 4.79 Å². The van der Waals surface area contributed by atoms with Crippen molar-refractivity contribution in [2.45, 2.75) is 51.1 Å². The number of aromatic nitrogens is 3. The van der Waals surface area contributed by atoms with Crippen LogP contribution in [0.4, 0.5) is 0 Å². The summed E-state index contributed by atoms with van der Waals surface area (Å²) in [6.07, 6.45) is 8.20. The van der Waals surface area contributed by atoms with Crippen LogP contribution >= 0.6 is 0 Å². The van der Waals surface area contributed by atoms with Crippen molar-refractivity contribution in [3.05, 3.63) is 35.5 Å². The molecule has 2 aromatic heterocycles. The predicted octanol–water partition coefficient (Wildman–Crippen LogP) is 2.36. The number of hydrogen-bond donors (Lipinski definition) is 0. The van der Waals surface area contributed by atoms with Gasteiger partial charge in [0.2, 0.25) is 0 Å². The van der Waals surface area contributed by atoms with E-state index in [4.69, 9.17) is 4.52 Å². The van der Waals surface area contributed by atoms with E-state index < -0.39 is 0 Å². The molecule has 1 unspecified atom stereocenters. The number of likely N-dealkylation sites (tertiary alicyclic amines) is 1. The second-order valence-corrected chi connectivity index (χ2v) is 6.42. The minimum Gasteiger partial charge on any atom is -0.360 e. The predicted molar refractivity (Wildman–Crippen MR) is 79.5 cm³/mol. The van der Waals surface area contributed by atoms with E-state index in [0.29, 0.717) is 11.6 Å². The zero-order chi connectivity index (χ0) is 15.1. The number of amides is 1. The number of hydrogen-bond acceptors (Lipinski definition) is 4. The van der Waals surface area contributed by atoms with Crippen molar-refractivity contribution in [2.75, 3.05) is 6.54 Å². The summed E-state index contributed by atoms with van der Waals surface area (Å²) in [5.41, 5.74) is 1.59. The average Bonchev–Trinajstić information content (AvgIpc) is 2.92. The summed E-state index contributed by atoms with van der Waals surface area (Å²) in [7, 11) is 0. The van der Waals surface area contributed by atoms with Crippen molar-refractivity contribution in [3.8, 4) is 0 Å². The second-order valence-electron chi connectivity index (χ2n) is 6.42. The molecule has 2 fully saturated rings. The second kappa shape index (κ2) is 5.26. The Morgan fingerprint density at radius 1 is 1.41 bits per heavy atom. The van der Waals surface area contributed by atoms with Crippen LogP contribution in [-0.4, -0.2) is 38.3 Å². The standard InChI is InChI=1S/C16H20N4O2/c1-11-8-17-19(9-11)10-13-3-2-6-20(13)16(21)14-7-15(22-18-14)12-4-5-12/h7-9,12-13H,2-6,10H2,1H3. The summed E-state index contributed by atoms with van der Waals surface area (Å²) in [5.74, 6) is 1.33. The highest BCUT2D eigenvalue weighted by atomic mass is 16.5. The van der Waals surface area contributed by atoms with Crippen molar-refractivity contribution >= 4 is 5.91 Å². The molecule has 1 saturated carbocycles. The lowest BCUT2D eigenvalue weighted by Crippen LogP contribution is -2.38. The smallest absolute Gasteiger partial charge is 0.276 e. The minimum atomic E-state index is -0.0120. The minimum absolute atomic E-state index is 0.0120. The van der Waals surface area contributed by atoms with E-state index in [2.05, 4.69) is 10.3 Å². The Balaban J connectivity index is 1.48. The summed E-state index contributed by atoms with van der Waals surface area (Å²) in [6, 6.07) is 2.01. The van der Waals surface area contributed by atoms with E-state index in [1.165, 1.54) is 0 Å². The maximum absolute atomic E-state index is 12.7. The largest absolute Gasteiger partial charge is 0.360 e. The molecule has 0 spiro atoms. The van der Waals surface area contributed by atoms with Gasteiger partial charge < -0.3 is 9.42 Å². The lowest BCUT2D eigenvalue weighted by molar-refractivity contribution is 0.0711. The summed E-state index contributed by atoms with van der Waals surface area (Å²) in [4.78, 5) is 14.6. The van der Waals surface area contributed by atoms with Crippen LogP contribution in [0.1, 0.15) is 53.4 Å². The summed E-state index contributed by atoms with van der Waals surface area (Å²) < 4.78 is 7.23. The number of nitrogens with zero attached hydrogens (tertiary/aromatic N) is 4. The van der Waals surface area contributed by atoms with Crippen molar-refractivity contribution in [2.24, 2.45) is 0 Å². The van der Waals surface area contributed by atoms with Gasteiger partial charge in [-0.2, -0.15) is 5.10 Å². The molecule has 1 saturated heterocycles. The van der Waals surface area contributed by atoms with Gasteiger partial charge in [-0.1, -0.05) is 5.16 Å². The first kappa shape index (κ1) is 13.5. The Bertz CT molecular complexity index is 686. The van der Waals surface area contributed by atoms with Gasteiger partial charge in [-0.3, -0.25) is 9.48 Å². The van der Waals surface area contributed by atoms with Crippen LogP contribution in [0, 0.1) is 6.92 Å². The van der Waals surface area contributed by atoms with Gasteiger partial charge in [0.25, 0.3) is 5.91 Å². The normalized spacial score (nSPS) is 21.5. The maximum atomic E-state index is 12.7. The fourth-order valence-electron chi connectivity index (χ4n) is 3.17. The quantitative estimate of drug-likeness (QED) is 0.869. The Morgan fingerprint density at radius 3 is 3.00 bits per heavy atom. The Labute approximate surface area is 129 Å². The molecule has 6 nitrogen and oxygen atoms in total. The third kappa shape index (κ3) is 2.53. The molecule has 2 aliphatic rings. The van der Waals surface area contributed by atoms with E-state index in [1.54, 1.807) is 0 Å². The zero-order valence-electron chi connectivity index (χ0n) is 12.7. The molecule has 116 valence electrons. The molecular weight excluding hydrogens is 280 g/mol. The first-order valence-electron chi connectivity index (χ1n) is 7.97. The van der Waals surface area contributed by atoms with Gasteiger partial charge in [0.15, 0.2) is 5.69 Å². The van der Waals surface area contributed by atoms with Gasteiger partial charge in [0.05, 0.1) is 18.8 Å². The van der Waals surface area contributed by atoms with Gasteiger partial charge >= 0.3 is 0 Å². The monoisotopic (exact) mass is 300 g/mol. The molecule has 1 amide bonds. The van der Waals surface area contributed by atoms with Crippen LogP contribution in [0.5, 0.6) is 0 Å². The maximum Gasteiger partial charge on any atom is 0.276 e. The molecule has 0 radical (unpaired) electrons. The molecule has 1 atom stereocenters. The average molecular weight is 300 g/mol. The zero-order valence-corrected chi connectivity index (χ0v) is 12.7. The van der Waals surface area contributed by atoms with Gasteiger partial charge in [-0.05, 0) is 38.2 Å². The third-order valence-electron chi connectivity index (χ3n) is 4.53. The van der Waals surface area contributed by atoms with Crippen molar-refractivity contribution in [3.63, 3.8) is 0 Å². The molecule has 0 bridgehead atoms. The molecule has 0 N–H and O–H groups in total. The highest BCUT2D eigenvalue weighted by Crippen LogP contribution is 2.40. The first-order chi connectivity index (χ1) is 10.7. The van der Waals surface area contributed by atoms with Crippen LogP contribution in [0.3, 0.4) is 0 Å². The molecule has 1 aliphatic carbocycles. The van der Waals surface area contributed by atoms with Crippen LogP contribution < -0.4 is 0 Å². The fourth-order valence-corrected chi connectivity index (χ4v) is 3.17. The lowest BCUT2D eigenvalue weighted by atomic mass is 10.2. The molecule has 2 aromatic rings. The lowest BCUT2D eigenvalue weighted by Gasteiger charge is -2.23. The summed E-state index contributed by atoms with van der Waals surface area (Å²) >= 11 is 0. The Morgan fingerprint density at radius 2 is 2.27 bits per heavy atom. The highest BCUT2D eigenvalue weighted by molar-refractivity contribution is 5.92. The van der Waals surface area contributed by atoms with Crippen LogP contribution in [0.2, 0.25) is 0 Å². The van der Waals surface area contributed by atoms with E-state index in [0.717, 1.165) is 50.1 Å². The number of carbonyl (C=O) groups is 1. The van der Waals surface area contributed by atoms with Crippen LogP contribution in [-0.2, 0) is 6.54 Å². The Hall–Kier alpha value is -2.11. The first-order valence-corrected chi connectivity index (χ1v) is 7.97. The van der Waals surface area contributed by atoms with E-state index in [1.807, 2.05) is 35.0 Å². The number of aryl methyl sites for hydroxylation is 1. The van der Waals surface area contributed by atoms with Gasteiger partial charge in [-0.25, -0.2) is 0 Å². The molecule has 6 heteroatoms. The summed E-state index contributed by atoms with van der Waals surface area (Å²) in [5, 5.41) is 8.30. The Kier molecular flexibility index (Phi) is 3.24. The molecule has 4 rings (SSSR count). The van der Waals surface area contributed by atoms with Gasteiger partial charge in [0, 0.05) is 24.7 Å². The summed E-state index contributed by atoms with van der Waals surface area (Å²) in [6.45, 7) is 3.55. The van der Waals surface area contributed by atoms with Crippen molar-refractivity contribution < 1.29 is 9.32 Å². The molecule has 3 heterocycles.